The lowest BCUT2D eigenvalue weighted by Crippen LogP contribution is -1.97. The van der Waals surface area contributed by atoms with Crippen molar-refractivity contribution in [3.8, 4) is 0 Å². The molecule has 0 saturated carbocycles. The van der Waals surface area contributed by atoms with Crippen molar-refractivity contribution in [1.29, 1.82) is 0 Å². The van der Waals surface area contributed by atoms with Gasteiger partial charge in [0.05, 0.1) is 6.10 Å². The molecule has 0 aliphatic heterocycles. The Labute approximate surface area is 126 Å². The average molecular weight is 281 g/mol. The summed E-state index contributed by atoms with van der Waals surface area (Å²) >= 11 is 0. The van der Waals surface area contributed by atoms with Crippen molar-refractivity contribution in [2.45, 2.75) is 38.7 Å². The van der Waals surface area contributed by atoms with Crippen LogP contribution in [0.3, 0.4) is 0 Å². The van der Waals surface area contributed by atoms with Crippen molar-refractivity contribution in [1.82, 2.24) is 4.98 Å². The minimum Gasteiger partial charge on any atom is -0.393 e. The van der Waals surface area contributed by atoms with E-state index < -0.39 is 0 Å². The van der Waals surface area contributed by atoms with Crippen LogP contribution in [0.2, 0.25) is 0 Å². The summed E-state index contributed by atoms with van der Waals surface area (Å²) in [6.45, 7) is 5.58. The first-order valence-electron chi connectivity index (χ1n) is 7.53. The molecule has 110 valence electrons. The van der Waals surface area contributed by atoms with Crippen molar-refractivity contribution < 1.29 is 5.11 Å². The van der Waals surface area contributed by atoms with Crippen LogP contribution in [0.1, 0.15) is 37.4 Å². The lowest BCUT2D eigenvalue weighted by molar-refractivity contribution is 0.182. The van der Waals surface area contributed by atoms with Crippen LogP contribution in [0.5, 0.6) is 0 Å². The number of aliphatic hydroxyl groups is 1. The Morgan fingerprint density at radius 3 is 2.90 bits per heavy atom. The van der Waals surface area contributed by atoms with Crippen molar-refractivity contribution >= 4 is 16.8 Å². The van der Waals surface area contributed by atoms with Crippen molar-refractivity contribution in [3.05, 3.63) is 60.5 Å². The van der Waals surface area contributed by atoms with E-state index in [4.69, 9.17) is 0 Å². The number of pyridine rings is 1. The molecule has 1 aromatic heterocycles. The van der Waals surface area contributed by atoms with E-state index >= 15 is 0 Å². The second kappa shape index (κ2) is 7.75. The van der Waals surface area contributed by atoms with E-state index in [2.05, 4.69) is 48.0 Å². The van der Waals surface area contributed by atoms with Gasteiger partial charge in [0.15, 0.2) is 0 Å². The zero-order chi connectivity index (χ0) is 15.1. The van der Waals surface area contributed by atoms with Gasteiger partial charge in [0.2, 0.25) is 0 Å². The Kier molecular flexibility index (Phi) is 5.70. The van der Waals surface area contributed by atoms with Gasteiger partial charge in [-0.3, -0.25) is 4.98 Å². The Morgan fingerprint density at radius 1 is 1.29 bits per heavy atom. The molecule has 0 aliphatic carbocycles. The number of hydrogen-bond donors (Lipinski definition) is 1. The number of fused-ring (bicyclic) bond motifs is 1. The van der Waals surface area contributed by atoms with Crippen LogP contribution >= 0.6 is 0 Å². The van der Waals surface area contributed by atoms with E-state index in [0.717, 1.165) is 36.8 Å². The molecule has 0 amide bonds. The maximum atomic E-state index is 9.21. The molecule has 1 N–H and O–H groups in total. The second-order valence-electron chi connectivity index (χ2n) is 5.46. The monoisotopic (exact) mass is 281 g/mol. The third kappa shape index (κ3) is 4.83. The highest BCUT2D eigenvalue weighted by Gasteiger charge is 1.98. The SMILES string of the molecule is C=CCc1cc2ccc(/C=C/CCCC(C)O)cc2cn1. The number of allylic oxidation sites excluding steroid dienone is 2. The topological polar surface area (TPSA) is 33.1 Å². The van der Waals surface area contributed by atoms with Crippen LogP contribution in [-0.4, -0.2) is 16.2 Å². The predicted molar refractivity (Wildman–Crippen MR) is 90.2 cm³/mol. The van der Waals surface area contributed by atoms with Crippen LogP contribution in [0.15, 0.2) is 49.2 Å². The Morgan fingerprint density at radius 2 is 2.14 bits per heavy atom. The molecule has 2 aromatic rings. The van der Waals surface area contributed by atoms with Crippen LogP contribution in [0, 0.1) is 0 Å². The van der Waals surface area contributed by atoms with Crippen molar-refractivity contribution in [2.24, 2.45) is 0 Å². The highest BCUT2D eigenvalue weighted by Crippen LogP contribution is 2.18. The van der Waals surface area contributed by atoms with E-state index in [1.165, 1.54) is 10.9 Å². The molecular weight excluding hydrogens is 258 g/mol. The van der Waals surface area contributed by atoms with Crippen LogP contribution < -0.4 is 0 Å². The van der Waals surface area contributed by atoms with Gasteiger partial charge in [0, 0.05) is 23.7 Å². The number of aliphatic hydroxyl groups excluding tert-OH is 1. The number of benzene rings is 1. The van der Waals surface area contributed by atoms with E-state index in [1.54, 1.807) is 0 Å². The fourth-order valence-corrected chi connectivity index (χ4v) is 2.32. The zero-order valence-corrected chi connectivity index (χ0v) is 12.6. The first-order chi connectivity index (χ1) is 10.2. The third-order valence-corrected chi connectivity index (χ3v) is 3.46. The third-order valence-electron chi connectivity index (χ3n) is 3.46. The summed E-state index contributed by atoms with van der Waals surface area (Å²) in [5.41, 5.74) is 2.25. The van der Waals surface area contributed by atoms with E-state index in [0.29, 0.717) is 0 Å². The van der Waals surface area contributed by atoms with Gasteiger partial charge >= 0.3 is 0 Å². The molecule has 0 spiro atoms. The van der Waals surface area contributed by atoms with Gasteiger partial charge in [-0.1, -0.05) is 30.4 Å². The average Bonchev–Trinajstić information content (AvgIpc) is 2.47. The molecule has 0 bridgehead atoms. The van der Waals surface area contributed by atoms with Gasteiger partial charge in [-0.25, -0.2) is 0 Å². The fraction of sp³-hybridized carbons (Fsp3) is 0.316. The van der Waals surface area contributed by atoms with Gasteiger partial charge in [-0.2, -0.15) is 0 Å². The highest BCUT2D eigenvalue weighted by atomic mass is 16.3. The number of hydrogen-bond acceptors (Lipinski definition) is 2. The standard InChI is InChI=1S/C19H23NO/c1-3-7-19-13-17-11-10-16(12-18(17)14-20-19)9-6-4-5-8-15(2)21/h3,6,9-15,21H,1,4-5,7-8H2,2H3/b9-6+. The summed E-state index contributed by atoms with van der Waals surface area (Å²) in [7, 11) is 0. The van der Waals surface area contributed by atoms with Crippen molar-refractivity contribution in [3.63, 3.8) is 0 Å². The van der Waals surface area contributed by atoms with Crippen LogP contribution in [0.4, 0.5) is 0 Å². The highest BCUT2D eigenvalue weighted by molar-refractivity contribution is 5.84. The van der Waals surface area contributed by atoms with Gasteiger partial charge < -0.3 is 5.11 Å². The molecule has 1 aromatic carbocycles. The minimum absolute atomic E-state index is 0.199. The maximum absolute atomic E-state index is 9.21. The lowest BCUT2D eigenvalue weighted by atomic mass is 10.1. The van der Waals surface area contributed by atoms with E-state index in [-0.39, 0.29) is 6.10 Å². The summed E-state index contributed by atoms with van der Waals surface area (Å²) in [6.07, 6.45) is 11.6. The molecule has 2 rings (SSSR count). The molecule has 0 saturated heterocycles. The van der Waals surface area contributed by atoms with Gasteiger partial charge in [0.25, 0.3) is 0 Å². The Balaban J connectivity index is 2.03. The molecule has 1 heterocycles. The molecule has 21 heavy (non-hydrogen) atoms. The summed E-state index contributed by atoms with van der Waals surface area (Å²) in [5, 5.41) is 11.6. The molecule has 0 fully saturated rings. The van der Waals surface area contributed by atoms with Crippen molar-refractivity contribution in [2.75, 3.05) is 0 Å². The quantitative estimate of drug-likeness (QED) is 0.597. The Hall–Kier alpha value is -1.93. The molecule has 0 aliphatic rings. The second-order valence-corrected chi connectivity index (χ2v) is 5.46. The largest absolute Gasteiger partial charge is 0.393 e. The number of rotatable bonds is 7. The van der Waals surface area contributed by atoms with E-state index in [1.807, 2.05) is 19.2 Å². The summed E-state index contributed by atoms with van der Waals surface area (Å²) < 4.78 is 0. The minimum atomic E-state index is -0.199. The summed E-state index contributed by atoms with van der Waals surface area (Å²) in [6, 6.07) is 8.54. The fourth-order valence-electron chi connectivity index (χ4n) is 2.32. The van der Waals surface area contributed by atoms with Crippen LogP contribution in [-0.2, 0) is 6.42 Å². The van der Waals surface area contributed by atoms with E-state index in [9.17, 15) is 5.11 Å². The first kappa shape index (κ1) is 15.5. The summed E-state index contributed by atoms with van der Waals surface area (Å²) in [5.74, 6) is 0. The van der Waals surface area contributed by atoms with Crippen LogP contribution in [0.25, 0.3) is 16.8 Å². The number of aromatic nitrogens is 1. The molecule has 0 radical (unpaired) electrons. The molecule has 2 heteroatoms. The zero-order valence-electron chi connectivity index (χ0n) is 12.6. The normalized spacial score (nSPS) is 12.9. The Bertz CT molecular complexity index is 628. The maximum Gasteiger partial charge on any atom is 0.0512 e. The number of nitrogens with zero attached hydrogens (tertiary/aromatic N) is 1. The predicted octanol–water partition coefficient (Wildman–Crippen LogP) is 4.53. The summed E-state index contributed by atoms with van der Waals surface area (Å²) in [4.78, 5) is 4.44. The smallest absolute Gasteiger partial charge is 0.0512 e. The molecular formula is C19H23NO. The first-order valence-corrected chi connectivity index (χ1v) is 7.53. The molecule has 1 unspecified atom stereocenters. The lowest BCUT2D eigenvalue weighted by Gasteiger charge is -2.03. The van der Waals surface area contributed by atoms with Gasteiger partial charge in [-0.05, 0) is 49.3 Å². The molecule has 2 nitrogen and oxygen atoms in total. The molecule has 1 atom stereocenters. The number of unbranched alkanes of at least 4 members (excludes halogenated alkanes) is 1. The van der Waals surface area contributed by atoms with Gasteiger partial charge in [0.1, 0.15) is 0 Å². The van der Waals surface area contributed by atoms with Gasteiger partial charge in [-0.15, -0.1) is 6.58 Å².